The predicted molar refractivity (Wildman–Crippen MR) is 82.7 cm³/mol. The molecule has 0 saturated carbocycles. The second kappa shape index (κ2) is 8.09. The van der Waals surface area contributed by atoms with E-state index < -0.39 is 0 Å². The molecule has 1 heterocycles. The minimum Gasteiger partial charge on any atom is -0.358 e. The van der Waals surface area contributed by atoms with Gasteiger partial charge in [-0.25, -0.2) is 0 Å². The molecule has 20 heavy (non-hydrogen) atoms. The lowest BCUT2D eigenvalue weighted by molar-refractivity contribution is -0.121. The Hall–Kier alpha value is -1.30. The van der Waals surface area contributed by atoms with Crippen molar-refractivity contribution >= 4 is 27.7 Å². The Morgan fingerprint density at radius 2 is 2.05 bits per heavy atom. The highest BCUT2D eigenvalue weighted by Crippen LogP contribution is 2.17. The van der Waals surface area contributed by atoms with Crippen LogP contribution in [0.1, 0.15) is 37.2 Å². The van der Waals surface area contributed by atoms with E-state index in [0.29, 0.717) is 12.2 Å². The van der Waals surface area contributed by atoms with Gasteiger partial charge in [0.05, 0.1) is 6.54 Å². The number of nitrogens with zero attached hydrogens (tertiary/aromatic N) is 2. The van der Waals surface area contributed by atoms with Crippen molar-refractivity contribution in [2.45, 2.75) is 33.2 Å². The Morgan fingerprint density at radius 1 is 1.35 bits per heavy atom. The first-order valence-corrected chi connectivity index (χ1v) is 7.68. The third kappa shape index (κ3) is 4.37. The number of carbonyl (C=O) groups is 2. The van der Waals surface area contributed by atoms with Crippen molar-refractivity contribution in [1.82, 2.24) is 14.8 Å². The highest BCUT2D eigenvalue weighted by atomic mass is 79.9. The van der Waals surface area contributed by atoms with Crippen LogP contribution in [-0.4, -0.2) is 41.4 Å². The van der Waals surface area contributed by atoms with Gasteiger partial charge in [-0.3, -0.25) is 9.59 Å². The smallest absolute Gasteiger partial charge is 0.270 e. The largest absolute Gasteiger partial charge is 0.358 e. The molecule has 0 aliphatic carbocycles. The summed E-state index contributed by atoms with van der Waals surface area (Å²) in [7, 11) is 1.58. The van der Waals surface area contributed by atoms with Gasteiger partial charge in [0, 0.05) is 30.8 Å². The van der Waals surface area contributed by atoms with Gasteiger partial charge >= 0.3 is 0 Å². The van der Waals surface area contributed by atoms with Gasteiger partial charge in [0.2, 0.25) is 5.91 Å². The van der Waals surface area contributed by atoms with Gasteiger partial charge in [-0.15, -0.1) is 0 Å². The highest BCUT2D eigenvalue weighted by molar-refractivity contribution is 9.10. The standard InChI is InChI=1S/C14H22BrN3O2/c1-4-6-17-9-11(15)8-12(17)14(20)18(7-5-2)10-13(19)16-3/h8-9H,4-7,10H2,1-3H3,(H,16,19). The van der Waals surface area contributed by atoms with Gasteiger partial charge in [-0.05, 0) is 34.8 Å². The molecule has 1 rings (SSSR count). The van der Waals surface area contributed by atoms with Crippen LogP contribution in [0.25, 0.3) is 0 Å². The fraction of sp³-hybridized carbons (Fsp3) is 0.571. The number of halogens is 1. The van der Waals surface area contributed by atoms with Crippen molar-refractivity contribution in [3.8, 4) is 0 Å². The van der Waals surface area contributed by atoms with Crippen molar-refractivity contribution in [3.05, 3.63) is 22.4 Å². The van der Waals surface area contributed by atoms with Crippen molar-refractivity contribution in [1.29, 1.82) is 0 Å². The van der Waals surface area contributed by atoms with Gasteiger partial charge in [-0.1, -0.05) is 13.8 Å². The summed E-state index contributed by atoms with van der Waals surface area (Å²) in [5.41, 5.74) is 0.621. The molecular weight excluding hydrogens is 322 g/mol. The van der Waals surface area contributed by atoms with E-state index in [0.717, 1.165) is 23.9 Å². The number of aromatic nitrogens is 1. The Balaban J connectivity index is 2.96. The molecule has 0 bridgehead atoms. The maximum absolute atomic E-state index is 12.6. The summed E-state index contributed by atoms with van der Waals surface area (Å²) in [6.07, 6.45) is 3.67. The zero-order valence-corrected chi connectivity index (χ0v) is 13.9. The molecule has 0 spiro atoms. The van der Waals surface area contributed by atoms with Crippen LogP contribution in [0, 0.1) is 0 Å². The Morgan fingerprint density at radius 3 is 2.60 bits per heavy atom. The van der Waals surface area contributed by atoms with E-state index in [9.17, 15) is 9.59 Å². The molecule has 0 aliphatic rings. The Kier molecular flexibility index (Phi) is 6.78. The number of hydrogen-bond donors (Lipinski definition) is 1. The van der Waals surface area contributed by atoms with Crippen LogP contribution in [-0.2, 0) is 11.3 Å². The molecule has 0 atom stereocenters. The molecule has 0 radical (unpaired) electrons. The maximum Gasteiger partial charge on any atom is 0.270 e. The van der Waals surface area contributed by atoms with Gasteiger partial charge in [0.15, 0.2) is 0 Å². The number of hydrogen-bond acceptors (Lipinski definition) is 2. The quantitative estimate of drug-likeness (QED) is 0.825. The van der Waals surface area contributed by atoms with Crippen LogP contribution >= 0.6 is 15.9 Å². The van der Waals surface area contributed by atoms with Gasteiger partial charge in [-0.2, -0.15) is 0 Å². The van der Waals surface area contributed by atoms with Crippen molar-refractivity contribution < 1.29 is 9.59 Å². The summed E-state index contributed by atoms with van der Waals surface area (Å²) >= 11 is 3.40. The van der Waals surface area contributed by atoms with Gasteiger partial charge in [0.25, 0.3) is 5.91 Å². The Labute approximate surface area is 128 Å². The third-order valence-corrected chi connectivity index (χ3v) is 3.37. The normalized spacial score (nSPS) is 10.4. The molecule has 112 valence electrons. The second-order valence-corrected chi connectivity index (χ2v) is 5.55. The number of likely N-dealkylation sites (N-methyl/N-ethyl adjacent to an activating group) is 1. The second-order valence-electron chi connectivity index (χ2n) is 4.64. The van der Waals surface area contributed by atoms with E-state index in [2.05, 4.69) is 28.2 Å². The minimum absolute atomic E-state index is 0.0953. The number of amides is 2. The van der Waals surface area contributed by atoms with E-state index in [1.165, 1.54) is 0 Å². The SMILES string of the molecule is CCCN(CC(=O)NC)C(=O)c1cc(Br)cn1CCC. The highest BCUT2D eigenvalue weighted by Gasteiger charge is 2.21. The van der Waals surface area contributed by atoms with E-state index in [4.69, 9.17) is 0 Å². The molecular formula is C14H22BrN3O2. The molecule has 0 saturated heterocycles. The molecule has 0 aromatic carbocycles. The van der Waals surface area contributed by atoms with Crippen molar-refractivity contribution in [2.75, 3.05) is 20.1 Å². The van der Waals surface area contributed by atoms with E-state index in [-0.39, 0.29) is 18.4 Å². The molecule has 0 unspecified atom stereocenters. The summed E-state index contributed by atoms with van der Waals surface area (Å²) in [6, 6.07) is 1.81. The Bertz CT molecular complexity index is 471. The van der Waals surface area contributed by atoms with Gasteiger partial charge < -0.3 is 14.8 Å². The molecule has 1 aromatic heterocycles. The number of carbonyl (C=O) groups excluding carboxylic acids is 2. The fourth-order valence-corrected chi connectivity index (χ4v) is 2.48. The summed E-state index contributed by atoms with van der Waals surface area (Å²) in [4.78, 5) is 25.7. The zero-order valence-electron chi connectivity index (χ0n) is 12.3. The molecule has 0 aliphatic heterocycles. The van der Waals surface area contributed by atoms with Crippen molar-refractivity contribution in [3.63, 3.8) is 0 Å². The van der Waals surface area contributed by atoms with Crippen LogP contribution in [0.15, 0.2) is 16.7 Å². The lowest BCUT2D eigenvalue weighted by atomic mass is 10.3. The van der Waals surface area contributed by atoms with Crippen LogP contribution in [0.5, 0.6) is 0 Å². The third-order valence-electron chi connectivity index (χ3n) is 2.94. The topological polar surface area (TPSA) is 54.3 Å². The average Bonchev–Trinajstić information content (AvgIpc) is 2.78. The van der Waals surface area contributed by atoms with Gasteiger partial charge in [0.1, 0.15) is 5.69 Å². The van der Waals surface area contributed by atoms with Crippen LogP contribution < -0.4 is 5.32 Å². The first kappa shape index (κ1) is 16.8. The molecule has 6 heteroatoms. The zero-order chi connectivity index (χ0) is 15.1. The lowest BCUT2D eigenvalue weighted by Crippen LogP contribution is -2.40. The first-order chi connectivity index (χ1) is 9.53. The monoisotopic (exact) mass is 343 g/mol. The average molecular weight is 344 g/mol. The van der Waals surface area contributed by atoms with E-state index >= 15 is 0 Å². The van der Waals surface area contributed by atoms with E-state index in [1.54, 1.807) is 11.9 Å². The van der Waals surface area contributed by atoms with E-state index in [1.807, 2.05) is 23.8 Å². The maximum atomic E-state index is 12.6. The summed E-state index contributed by atoms with van der Waals surface area (Å²) < 4.78 is 2.81. The summed E-state index contributed by atoms with van der Waals surface area (Å²) in [6.45, 7) is 5.51. The molecule has 0 fully saturated rings. The molecule has 1 aromatic rings. The first-order valence-electron chi connectivity index (χ1n) is 6.89. The lowest BCUT2D eigenvalue weighted by Gasteiger charge is -2.22. The number of nitrogens with one attached hydrogen (secondary N) is 1. The minimum atomic E-state index is -0.153. The summed E-state index contributed by atoms with van der Waals surface area (Å²) in [5.74, 6) is -0.255. The van der Waals surface area contributed by atoms with Crippen LogP contribution in [0.2, 0.25) is 0 Å². The predicted octanol–water partition coefficient (Wildman–Crippen LogP) is 2.26. The molecule has 5 nitrogen and oxygen atoms in total. The number of rotatable bonds is 7. The van der Waals surface area contributed by atoms with Crippen LogP contribution in [0.3, 0.4) is 0 Å². The van der Waals surface area contributed by atoms with Crippen molar-refractivity contribution in [2.24, 2.45) is 0 Å². The van der Waals surface area contributed by atoms with Crippen LogP contribution in [0.4, 0.5) is 0 Å². The molecule has 1 N–H and O–H groups in total. The molecule has 2 amide bonds. The number of aryl methyl sites for hydroxylation is 1. The summed E-state index contributed by atoms with van der Waals surface area (Å²) in [5, 5.41) is 2.56. The fourth-order valence-electron chi connectivity index (χ4n) is 2.02.